The monoisotopic (exact) mass is 709 g/mol. The molecule has 6 rings (SSSR count). The molecular weight excluding hydrogens is 670 g/mol. The van der Waals surface area contributed by atoms with Gasteiger partial charge in [0.2, 0.25) is 0 Å². The summed E-state index contributed by atoms with van der Waals surface area (Å²) in [5.41, 5.74) is 8.34. The van der Waals surface area contributed by atoms with Gasteiger partial charge in [0.1, 0.15) is 5.82 Å². The van der Waals surface area contributed by atoms with Gasteiger partial charge in [-0.2, -0.15) is 0 Å². The van der Waals surface area contributed by atoms with Gasteiger partial charge in [0, 0.05) is 60.5 Å². The lowest BCUT2D eigenvalue weighted by Gasteiger charge is -2.14. The molecule has 0 atom stereocenters. The van der Waals surface area contributed by atoms with E-state index in [1.54, 1.807) is 0 Å². The molecule has 0 saturated carbocycles. The SMILES string of the molecule is CCCCCCn1c(-c2ccc3c(c2)c2ccccc2n3CCCCCC)nc(-c2ccc(Br)cc2)c1-c1ccc(Br)cc1. The number of benzene rings is 4. The summed E-state index contributed by atoms with van der Waals surface area (Å²) in [5.74, 6) is 1.04. The minimum absolute atomic E-state index is 0.932. The van der Waals surface area contributed by atoms with Crippen LogP contribution in [0.2, 0.25) is 0 Å². The van der Waals surface area contributed by atoms with Gasteiger partial charge in [0.25, 0.3) is 0 Å². The summed E-state index contributed by atoms with van der Waals surface area (Å²) >= 11 is 7.28. The summed E-state index contributed by atoms with van der Waals surface area (Å²) in [6, 6.07) is 33.2. The van der Waals surface area contributed by atoms with Crippen LogP contribution < -0.4 is 0 Å². The van der Waals surface area contributed by atoms with Crippen molar-refractivity contribution in [1.82, 2.24) is 14.1 Å². The van der Waals surface area contributed by atoms with E-state index < -0.39 is 0 Å². The number of aromatic nitrogens is 3. The first-order chi connectivity index (χ1) is 21.6. The lowest BCUT2D eigenvalue weighted by atomic mass is 10.0. The van der Waals surface area contributed by atoms with E-state index in [0.29, 0.717) is 0 Å². The molecule has 0 saturated heterocycles. The third-order valence-corrected chi connectivity index (χ3v) is 9.76. The van der Waals surface area contributed by atoms with Crippen molar-refractivity contribution in [2.75, 3.05) is 0 Å². The summed E-state index contributed by atoms with van der Waals surface area (Å²) in [7, 11) is 0. The highest BCUT2D eigenvalue weighted by atomic mass is 79.9. The van der Waals surface area contributed by atoms with Crippen molar-refractivity contribution in [3.63, 3.8) is 0 Å². The highest BCUT2D eigenvalue weighted by molar-refractivity contribution is 9.10. The predicted octanol–water partition coefficient (Wildman–Crippen LogP) is 12.7. The van der Waals surface area contributed by atoms with Crippen molar-refractivity contribution in [1.29, 1.82) is 0 Å². The Kier molecular flexibility index (Phi) is 10.0. The lowest BCUT2D eigenvalue weighted by molar-refractivity contribution is 0.588. The van der Waals surface area contributed by atoms with Crippen LogP contribution in [0.5, 0.6) is 0 Å². The molecule has 0 aliphatic heterocycles. The number of rotatable bonds is 13. The van der Waals surface area contributed by atoms with Crippen molar-refractivity contribution in [3.8, 4) is 33.9 Å². The van der Waals surface area contributed by atoms with E-state index >= 15 is 0 Å². The fourth-order valence-electron chi connectivity index (χ4n) is 6.43. The third kappa shape index (κ3) is 6.46. The van der Waals surface area contributed by atoms with Crippen LogP contribution in [0.25, 0.3) is 55.7 Å². The van der Waals surface area contributed by atoms with Crippen molar-refractivity contribution in [2.45, 2.75) is 78.3 Å². The third-order valence-electron chi connectivity index (χ3n) is 8.70. The molecule has 0 amide bonds. The molecule has 0 aliphatic rings. The zero-order valence-corrected chi connectivity index (χ0v) is 29.0. The Hall–Kier alpha value is -3.15. The van der Waals surface area contributed by atoms with Gasteiger partial charge in [-0.25, -0.2) is 4.98 Å². The Balaban J connectivity index is 1.53. The van der Waals surface area contributed by atoms with Crippen LogP contribution >= 0.6 is 31.9 Å². The molecule has 0 aliphatic carbocycles. The highest BCUT2D eigenvalue weighted by Gasteiger charge is 2.22. The number of hydrogen-bond acceptors (Lipinski definition) is 1. The van der Waals surface area contributed by atoms with Gasteiger partial charge < -0.3 is 9.13 Å². The number of hydrogen-bond donors (Lipinski definition) is 0. The predicted molar refractivity (Wildman–Crippen MR) is 195 cm³/mol. The van der Waals surface area contributed by atoms with Gasteiger partial charge in [0.05, 0.1) is 11.4 Å². The van der Waals surface area contributed by atoms with Gasteiger partial charge >= 0.3 is 0 Å². The summed E-state index contributed by atoms with van der Waals surface area (Å²) in [6.45, 7) is 6.54. The topological polar surface area (TPSA) is 22.8 Å². The summed E-state index contributed by atoms with van der Waals surface area (Å²) in [6.07, 6.45) is 9.84. The van der Waals surface area contributed by atoms with Gasteiger partial charge in [-0.3, -0.25) is 0 Å². The zero-order valence-electron chi connectivity index (χ0n) is 25.8. The van der Waals surface area contributed by atoms with E-state index in [9.17, 15) is 0 Å². The maximum atomic E-state index is 5.47. The first-order valence-electron chi connectivity index (χ1n) is 16.2. The van der Waals surface area contributed by atoms with Crippen LogP contribution in [0.4, 0.5) is 0 Å². The molecular formula is C39H41Br2N3. The molecule has 2 heterocycles. The Morgan fingerprint density at radius 3 is 1.77 bits per heavy atom. The number of unbranched alkanes of at least 4 members (excludes halogenated alkanes) is 6. The van der Waals surface area contributed by atoms with Crippen molar-refractivity contribution in [2.24, 2.45) is 0 Å². The van der Waals surface area contributed by atoms with E-state index in [-0.39, 0.29) is 0 Å². The van der Waals surface area contributed by atoms with Crippen molar-refractivity contribution >= 4 is 53.7 Å². The lowest BCUT2D eigenvalue weighted by Crippen LogP contribution is -2.04. The van der Waals surface area contributed by atoms with E-state index in [0.717, 1.165) is 45.5 Å². The first-order valence-corrected chi connectivity index (χ1v) is 17.8. The molecule has 6 aromatic rings. The average molecular weight is 712 g/mol. The van der Waals surface area contributed by atoms with Crippen LogP contribution in [0.1, 0.15) is 65.2 Å². The Bertz CT molecular complexity index is 1850. The van der Waals surface area contributed by atoms with Crippen LogP contribution in [-0.4, -0.2) is 14.1 Å². The van der Waals surface area contributed by atoms with Crippen LogP contribution in [0, 0.1) is 0 Å². The molecule has 44 heavy (non-hydrogen) atoms. The van der Waals surface area contributed by atoms with E-state index in [2.05, 4.69) is 146 Å². The molecule has 0 fully saturated rings. The van der Waals surface area contributed by atoms with Gasteiger partial charge in [-0.05, 0) is 61.4 Å². The number of para-hydroxylation sites is 1. The van der Waals surface area contributed by atoms with Gasteiger partial charge in [-0.1, -0.05) is 127 Å². The molecule has 0 unspecified atom stereocenters. The Morgan fingerprint density at radius 2 is 1.11 bits per heavy atom. The molecule has 4 aromatic carbocycles. The molecule has 0 bridgehead atoms. The number of aryl methyl sites for hydroxylation is 1. The molecule has 5 heteroatoms. The normalized spacial score (nSPS) is 11.6. The molecule has 0 spiro atoms. The second-order valence-corrected chi connectivity index (χ2v) is 13.7. The molecule has 0 N–H and O–H groups in total. The number of nitrogens with zero attached hydrogens (tertiary/aromatic N) is 3. The molecule has 2 aromatic heterocycles. The number of imidazole rings is 1. The van der Waals surface area contributed by atoms with Gasteiger partial charge in [-0.15, -0.1) is 0 Å². The number of halogens is 2. The van der Waals surface area contributed by atoms with Crippen molar-refractivity contribution in [3.05, 3.63) is 99.9 Å². The molecule has 3 nitrogen and oxygen atoms in total. The number of fused-ring (bicyclic) bond motifs is 3. The zero-order chi connectivity index (χ0) is 30.5. The second kappa shape index (κ2) is 14.3. The largest absolute Gasteiger partial charge is 0.340 e. The minimum Gasteiger partial charge on any atom is -0.340 e. The quantitative estimate of drug-likeness (QED) is 0.109. The van der Waals surface area contributed by atoms with E-state index in [1.807, 2.05) is 0 Å². The summed E-state index contributed by atoms with van der Waals surface area (Å²) in [5, 5.41) is 2.63. The first kappa shape index (κ1) is 30.9. The fourth-order valence-corrected chi connectivity index (χ4v) is 6.96. The van der Waals surface area contributed by atoms with Crippen LogP contribution in [0.3, 0.4) is 0 Å². The molecule has 226 valence electrons. The summed E-state index contributed by atoms with van der Waals surface area (Å²) in [4.78, 5) is 5.47. The maximum Gasteiger partial charge on any atom is 0.141 e. The average Bonchev–Trinajstić information content (AvgIpc) is 3.58. The highest BCUT2D eigenvalue weighted by Crippen LogP contribution is 2.39. The Labute approximate surface area is 278 Å². The summed E-state index contributed by atoms with van der Waals surface area (Å²) < 4.78 is 7.17. The maximum absolute atomic E-state index is 5.47. The smallest absolute Gasteiger partial charge is 0.141 e. The van der Waals surface area contributed by atoms with E-state index in [1.165, 1.54) is 83.6 Å². The van der Waals surface area contributed by atoms with Crippen LogP contribution in [-0.2, 0) is 13.1 Å². The minimum atomic E-state index is 0.932. The second-order valence-electron chi connectivity index (χ2n) is 11.8. The van der Waals surface area contributed by atoms with Gasteiger partial charge in [0.15, 0.2) is 0 Å². The molecule has 0 radical (unpaired) electrons. The van der Waals surface area contributed by atoms with E-state index in [4.69, 9.17) is 4.98 Å². The Morgan fingerprint density at radius 1 is 0.545 bits per heavy atom. The standard InChI is InChI=1S/C39H41Br2N3/c1-3-5-7-11-25-43-35-14-10-9-13-33(35)34-27-30(19-24-36(34)43)39-42-37(28-15-20-31(40)21-16-28)38(29-17-22-32(41)23-18-29)44(39)26-12-8-6-4-2/h9-10,13-24,27H,3-8,11-12,25-26H2,1-2H3. The van der Waals surface area contributed by atoms with Crippen molar-refractivity contribution < 1.29 is 0 Å². The fraction of sp³-hybridized carbons (Fsp3) is 0.308. The van der Waals surface area contributed by atoms with Crippen LogP contribution in [0.15, 0.2) is 99.9 Å².